The number of carbonyl (C=O) groups is 1. The first kappa shape index (κ1) is 16.3. The molecule has 6 heteroatoms. The third kappa shape index (κ3) is 3.33. The van der Waals surface area contributed by atoms with Gasteiger partial charge in [-0.15, -0.1) is 0 Å². The van der Waals surface area contributed by atoms with E-state index in [1.165, 1.54) is 16.9 Å². The number of urea groups is 1. The van der Waals surface area contributed by atoms with Gasteiger partial charge in [-0.2, -0.15) is 0 Å². The molecule has 5 nitrogen and oxygen atoms in total. The van der Waals surface area contributed by atoms with Crippen LogP contribution in [0.15, 0.2) is 42.5 Å². The summed E-state index contributed by atoms with van der Waals surface area (Å²) in [4.78, 5) is 16.8. The minimum Gasteiger partial charge on any atom is -0.495 e. The number of fused-ring (bicyclic) bond motifs is 1. The molecule has 0 aliphatic heterocycles. The minimum atomic E-state index is -0.343. The van der Waals surface area contributed by atoms with Crippen LogP contribution in [0.5, 0.6) is 5.75 Å². The van der Waals surface area contributed by atoms with Gasteiger partial charge >= 0.3 is 6.03 Å². The number of benzene rings is 2. The number of methoxy groups -OCH3 is 1. The van der Waals surface area contributed by atoms with Crippen LogP contribution in [0, 0.1) is 0 Å². The fourth-order valence-corrected chi connectivity index (χ4v) is 3.38. The lowest BCUT2D eigenvalue weighted by atomic mass is 10.0. The van der Waals surface area contributed by atoms with Gasteiger partial charge in [0.05, 0.1) is 23.0 Å². The second-order valence-corrected chi connectivity index (χ2v) is 6.68. The normalized spacial score (nSPS) is 10.8. The maximum atomic E-state index is 12.2. The quantitative estimate of drug-likeness (QED) is 0.696. The summed E-state index contributed by atoms with van der Waals surface area (Å²) in [6.07, 6.45) is 0. The first-order valence-electron chi connectivity index (χ1n) is 7.69. The van der Waals surface area contributed by atoms with Gasteiger partial charge in [-0.25, -0.2) is 9.78 Å². The lowest BCUT2D eigenvalue weighted by Crippen LogP contribution is -2.19. The van der Waals surface area contributed by atoms with Gasteiger partial charge in [0, 0.05) is 0 Å². The molecule has 0 saturated heterocycles. The van der Waals surface area contributed by atoms with E-state index >= 15 is 0 Å². The Labute approximate surface area is 144 Å². The molecule has 0 bridgehead atoms. The molecule has 1 aromatic heterocycles. The number of rotatable bonds is 4. The number of hydrogen-bond acceptors (Lipinski definition) is 4. The van der Waals surface area contributed by atoms with Crippen molar-refractivity contribution < 1.29 is 9.53 Å². The Morgan fingerprint density at radius 3 is 2.67 bits per heavy atom. The van der Waals surface area contributed by atoms with Crippen LogP contribution in [0.4, 0.5) is 15.6 Å². The Balaban J connectivity index is 1.80. The van der Waals surface area contributed by atoms with E-state index in [9.17, 15) is 4.79 Å². The van der Waals surface area contributed by atoms with Crippen LogP contribution < -0.4 is 15.4 Å². The highest BCUT2D eigenvalue weighted by Gasteiger charge is 2.13. The van der Waals surface area contributed by atoms with Crippen LogP contribution in [0.1, 0.15) is 25.3 Å². The molecule has 0 fully saturated rings. The van der Waals surface area contributed by atoms with Gasteiger partial charge in [0.25, 0.3) is 0 Å². The summed E-state index contributed by atoms with van der Waals surface area (Å²) in [5.74, 6) is 0.991. The molecule has 0 aliphatic rings. The van der Waals surface area contributed by atoms with Crippen LogP contribution in [-0.2, 0) is 0 Å². The summed E-state index contributed by atoms with van der Waals surface area (Å²) in [7, 11) is 1.57. The number of carbonyl (C=O) groups excluding carboxylic acids is 1. The number of amides is 2. The van der Waals surface area contributed by atoms with Gasteiger partial charge in [-0.1, -0.05) is 49.4 Å². The zero-order valence-corrected chi connectivity index (χ0v) is 14.6. The molecule has 0 radical (unpaired) electrons. The molecule has 2 amide bonds. The highest BCUT2D eigenvalue weighted by atomic mass is 32.1. The van der Waals surface area contributed by atoms with Crippen molar-refractivity contribution in [3.05, 3.63) is 48.0 Å². The number of nitrogens with zero attached hydrogens (tertiary/aromatic N) is 1. The molecule has 0 aliphatic carbocycles. The van der Waals surface area contributed by atoms with Crippen LogP contribution in [0.25, 0.3) is 10.2 Å². The molecule has 1 heterocycles. The van der Waals surface area contributed by atoms with Crippen LogP contribution >= 0.6 is 11.3 Å². The van der Waals surface area contributed by atoms with Crippen molar-refractivity contribution in [1.29, 1.82) is 0 Å². The maximum Gasteiger partial charge on any atom is 0.325 e. The van der Waals surface area contributed by atoms with Crippen molar-refractivity contribution >= 4 is 38.4 Å². The molecule has 2 aromatic carbocycles. The number of hydrogen-bond donors (Lipinski definition) is 2. The van der Waals surface area contributed by atoms with Crippen molar-refractivity contribution in [2.45, 2.75) is 19.8 Å². The summed E-state index contributed by atoms with van der Waals surface area (Å²) in [5.41, 5.74) is 2.74. The monoisotopic (exact) mass is 341 g/mol. The average Bonchev–Trinajstić information content (AvgIpc) is 2.97. The van der Waals surface area contributed by atoms with Crippen molar-refractivity contribution in [3.8, 4) is 5.75 Å². The van der Waals surface area contributed by atoms with Gasteiger partial charge in [0.15, 0.2) is 5.13 Å². The summed E-state index contributed by atoms with van der Waals surface area (Å²) >= 11 is 1.46. The van der Waals surface area contributed by atoms with Crippen molar-refractivity contribution in [2.75, 3.05) is 17.7 Å². The molecule has 124 valence electrons. The van der Waals surface area contributed by atoms with Crippen LogP contribution in [-0.4, -0.2) is 18.1 Å². The van der Waals surface area contributed by atoms with Gasteiger partial charge in [0.2, 0.25) is 0 Å². The number of ether oxygens (including phenoxy) is 1. The summed E-state index contributed by atoms with van der Waals surface area (Å²) < 4.78 is 6.29. The Hall–Kier alpha value is -2.60. The van der Waals surface area contributed by atoms with Gasteiger partial charge in [-0.3, -0.25) is 5.32 Å². The predicted molar refractivity (Wildman–Crippen MR) is 99.3 cm³/mol. The second-order valence-electron chi connectivity index (χ2n) is 5.65. The van der Waals surface area contributed by atoms with E-state index in [0.29, 0.717) is 22.5 Å². The zero-order valence-electron chi connectivity index (χ0n) is 13.8. The molecule has 0 unspecified atom stereocenters. The fraction of sp³-hybridized carbons (Fsp3) is 0.222. The van der Waals surface area contributed by atoms with E-state index < -0.39 is 0 Å². The van der Waals surface area contributed by atoms with Crippen molar-refractivity contribution in [3.63, 3.8) is 0 Å². The molecular weight excluding hydrogens is 322 g/mol. The van der Waals surface area contributed by atoms with E-state index in [4.69, 9.17) is 4.74 Å². The molecule has 0 spiro atoms. The van der Waals surface area contributed by atoms with Gasteiger partial charge in [-0.05, 0) is 29.7 Å². The van der Waals surface area contributed by atoms with Crippen LogP contribution in [0.2, 0.25) is 0 Å². The molecule has 24 heavy (non-hydrogen) atoms. The number of anilines is 2. The fourth-order valence-electron chi connectivity index (χ4n) is 2.49. The average molecular weight is 341 g/mol. The summed E-state index contributed by atoms with van der Waals surface area (Å²) in [5, 5.41) is 6.16. The van der Waals surface area contributed by atoms with E-state index in [0.717, 1.165) is 10.2 Å². The molecule has 3 aromatic rings. The summed E-state index contributed by atoms with van der Waals surface area (Å²) in [6, 6.07) is 13.0. The smallest absolute Gasteiger partial charge is 0.325 e. The van der Waals surface area contributed by atoms with Crippen molar-refractivity contribution in [2.24, 2.45) is 0 Å². The Kier molecular flexibility index (Phi) is 4.66. The number of aromatic nitrogens is 1. The largest absolute Gasteiger partial charge is 0.495 e. The van der Waals surface area contributed by atoms with Gasteiger partial charge in [0.1, 0.15) is 5.75 Å². The minimum absolute atomic E-state index is 0.343. The summed E-state index contributed by atoms with van der Waals surface area (Å²) in [6.45, 7) is 4.27. The van der Waals surface area contributed by atoms with E-state index in [-0.39, 0.29) is 6.03 Å². The topological polar surface area (TPSA) is 63.2 Å². The SMILES string of the molecule is COc1ccccc1NC(=O)Nc1nc2c(C(C)C)cccc2s1. The Bertz CT molecular complexity index is 874. The Morgan fingerprint density at radius 1 is 1.12 bits per heavy atom. The van der Waals surface area contributed by atoms with E-state index in [1.54, 1.807) is 19.2 Å². The molecular formula is C18H19N3O2S. The number of para-hydroxylation sites is 3. The number of nitrogens with one attached hydrogen (secondary N) is 2. The lowest BCUT2D eigenvalue weighted by Gasteiger charge is -2.09. The standard InChI is InChI=1S/C18H19N3O2S/c1-11(2)12-7-6-10-15-16(12)20-18(24-15)21-17(22)19-13-8-4-5-9-14(13)23-3/h4-11H,1-3H3,(H2,19,20,21,22). The molecule has 0 atom stereocenters. The highest BCUT2D eigenvalue weighted by molar-refractivity contribution is 7.22. The molecule has 0 saturated carbocycles. The molecule has 2 N–H and O–H groups in total. The Morgan fingerprint density at radius 2 is 1.92 bits per heavy atom. The lowest BCUT2D eigenvalue weighted by molar-refractivity contribution is 0.262. The third-order valence-corrected chi connectivity index (χ3v) is 4.58. The third-order valence-electron chi connectivity index (χ3n) is 3.65. The maximum absolute atomic E-state index is 12.2. The van der Waals surface area contributed by atoms with E-state index in [1.807, 2.05) is 24.3 Å². The van der Waals surface area contributed by atoms with Crippen molar-refractivity contribution in [1.82, 2.24) is 4.98 Å². The first-order chi connectivity index (χ1) is 11.6. The highest BCUT2D eigenvalue weighted by Crippen LogP contribution is 2.31. The zero-order chi connectivity index (χ0) is 17.1. The van der Waals surface area contributed by atoms with Crippen LogP contribution in [0.3, 0.4) is 0 Å². The second kappa shape index (κ2) is 6.88. The molecule has 3 rings (SSSR count). The van der Waals surface area contributed by atoms with Gasteiger partial charge < -0.3 is 10.1 Å². The first-order valence-corrected chi connectivity index (χ1v) is 8.50. The predicted octanol–water partition coefficient (Wildman–Crippen LogP) is 5.07. The van der Waals surface area contributed by atoms with E-state index in [2.05, 4.69) is 35.5 Å². The number of thiazole rings is 1.